The number of carbonyl (C=O) groups is 1. The molecule has 0 fully saturated rings. The van der Waals surface area contributed by atoms with Crippen LogP contribution in [0.5, 0.6) is 5.75 Å². The molecule has 1 aromatic heterocycles. The SMILES string of the molecule is COc1ccc(Br)c(CC(=O)c2ccoc2Br)c1. The van der Waals surface area contributed by atoms with Crippen LogP contribution in [-0.4, -0.2) is 12.9 Å². The molecule has 0 aliphatic carbocycles. The van der Waals surface area contributed by atoms with Crippen molar-refractivity contribution in [3.8, 4) is 5.75 Å². The van der Waals surface area contributed by atoms with Gasteiger partial charge in [0, 0.05) is 10.9 Å². The number of rotatable bonds is 4. The summed E-state index contributed by atoms with van der Waals surface area (Å²) in [5, 5.41) is 0. The van der Waals surface area contributed by atoms with E-state index >= 15 is 0 Å². The fourth-order valence-electron chi connectivity index (χ4n) is 1.58. The first-order valence-corrected chi connectivity index (χ1v) is 6.79. The number of hydrogen-bond donors (Lipinski definition) is 0. The maximum absolute atomic E-state index is 12.1. The number of hydrogen-bond acceptors (Lipinski definition) is 3. The molecule has 0 bridgehead atoms. The minimum atomic E-state index is -0.00965. The predicted octanol–water partition coefficient (Wildman–Crippen LogP) is 4.24. The second-order valence-corrected chi connectivity index (χ2v) is 5.24. The summed E-state index contributed by atoms with van der Waals surface area (Å²) < 4.78 is 11.6. The highest BCUT2D eigenvalue weighted by Gasteiger charge is 2.15. The van der Waals surface area contributed by atoms with E-state index in [4.69, 9.17) is 9.15 Å². The number of benzene rings is 1. The lowest BCUT2D eigenvalue weighted by molar-refractivity contribution is 0.0991. The van der Waals surface area contributed by atoms with Crippen molar-refractivity contribution in [2.75, 3.05) is 7.11 Å². The lowest BCUT2D eigenvalue weighted by Crippen LogP contribution is -2.03. The number of Topliss-reactive ketones (excluding diaryl/α,β-unsaturated/α-hetero) is 1. The van der Waals surface area contributed by atoms with E-state index in [0.29, 0.717) is 10.2 Å². The fourth-order valence-corrected chi connectivity index (χ4v) is 2.42. The Morgan fingerprint density at radius 2 is 2.11 bits per heavy atom. The lowest BCUT2D eigenvalue weighted by Gasteiger charge is -2.06. The summed E-state index contributed by atoms with van der Waals surface area (Å²) in [7, 11) is 1.60. The van der Waals surface area contributed by atoms with Gasteiger partial charge in [-0.15, -0.1) is 0 Å². The van der Waals surface area contributed by atoms with Crippen molar-refractivity contribution in [2.45, 2.75) is 6.42 Å². The van der Waals surface area contributed by atoms with E-state index in [1.807, 2.05) is 18.2 Å². The third-order valence-corrected chi connectivity index (χ3v) is 3.91. The third-order valence-electron chi connectivity index (χ3n) is 2.52. The van der Waals surface area contributed by atoms with Crippen LogP contribution < -0.4 is 4.74 Å². The van der Waals surface area contributed by atoms with Crippen molar-refractivity contribution < 1.29 is 13.9 Å². The van der Waals surface area contributed by atoms with Gasteiger partial charge in [0.25, 0.3) is 0 Å². The molecular formula is C13H10Br2O3. The van der Waals surface area contributed by atoms with Crippen LogP contribution in [0.4, 0.5) is 0 Å². The van der Waals surface area contributed by atoms with E-state index in [1.54, 1.807) is 13.2 Å². The average Bonchev–Trinajstić information content (AvgIpc) is 2.78. The van der Waals surface area contributed by atoms with Crippen LogP contribution >= 0.6 is 31.9 Å². The molecule has 2 aromatic rings. The summed E-state index contributed by atoms with van der Waals surface area (Å²) in [6, 6.07) is 7.20. The second kappa shape index (κ2) is 5.71. The zero-order valence-electron chi connectivity index (χ0n) is 9.57. The van der Waals surface area contributed by atoms with Crippen LogP contribution in [0.1, 0.15) is 15.9 Å². The van der Waals surface area contributed by atoms with Crippen molar-refractivity contribution in [3.05, 3.63) is 50.8 Å². The first kappa shape index (κ1) is 13.4. The minimum absolute atomic E-state index is 0.00965. The first-order chi connectivity index (χ1) is 8.61. The molecule has 0 radical (unpaired) electrons. The van der Waals surface area contributed by atoms with E-state index < -0.39 is 0 Å². The molecule has 18 heavy (non-hydrogen) atoms. The second-order valence-electron chi connectivity index (χ2n) is 3.67. The highest BCUT2D eigenvalue weighted by molar-refractivity contribution is 9.10. The van der Waals surface area contributed by atoms with Gasteiger partial charge in [0.1, 0.15) is 5.75 Å². The molecule has 0 saturated heterocycles. The minimum Gasteiger partial charge on any atom is -0.497 e. The van der Waals surface area contributed by atoms with Gasteiger partial charge < -0.3 is 9.15 Å². The number of methoxy groups -OCH3 is 1. The zero-order valence-corrected chi connectivity index (χ0v) is 12.7. The van der Waals surface area contributed by atoms with Gasteiger partial charge in [0.05, 0.1) is 18.9 Å². The monoisotopic (exact) mass is 372 g/mol. The molecule has 3 nitrogen and oxygen atoms in total. The van der Waals surface area contributed by atoms with Crippen LogP contribution in [0.15, 0.2) is 44.1 Å². The molecule has 0 unspecified atom stereocenters. The molecule has 0 atom stereocenters. The van der Waals surface area contributed by atoms with Crippen molar-refractivity contribution in [1.29, 1.82) is 0 Å². The van der Waals surface area contributed by atoms with Gasteiger partial charge >= 0.3 is 0 Å². The Hall–Kier alpha value is -1.07. The van der Waals surface area contributed by atoms with Crippen molar-refractivity contribution in [1.82, 2.24) is 0 Å². The first-order valence-electron chi connectivity index (χ1n) is 5.20. The van der Waals surface area contributed by atoms with Gasteiger partial charge in [-0.25, -0.2) is 0 Å². The summed E-state index contributed by atoms with van der Waals surface area (Å²) in [6.07, 6.45) is 1.77. The van der Waals surface area contributed by atoms with Crippen LogP contribution in [0, 0.1) is 0 Å². The lowest BCUT2D eigenvalue weighted by atomic mass is 10.1. The summed E-state index contributed by atoms with van der Waals surface area (Å²) in [5.74, 6) is 0.719. The van der Waals surface area contributed by atoms with E-state index in [2.05, 4.69) is 31.9 Å². The Labute approximate surface area is 121 Å². The number of furan rings is 1. The van der Waals surface area contributed by atoms with Gasteiger partial charge in [-0.2, -0.15) is 0 Å². The molecule has 5 heteroatoms. The molecule has 0 spiro atoms. The summed E-state index contributed by atoms with van der Waals surface area (Å²) in [4.78, 5) is 12.1. The summed E-state index contributed by atoms with van der Waals surface area (Å²) >= 11 is 6.63. The molecule has 0 aliphatic heterocycles. The normalized spacial score (nSPS) is 10.4. The zero-order chi connectivity index (χ0) is 13.1. The van der Waals surface area contributed by atoms with E-state index in [1.165, 1.54) is 6.26 Å². The fraction of sp³-hybridized carbons (Fsp3) is 0.154. The van der Waals surface area contributed by atoms with E-state index in [0.717, 1.165) is 15.8 Å². The Balaban J connectivity index is 2.24. The highest BCUT2D eigenvalue weighted by atomic mass is 79.9. The Morgan fingerprint density at radius 3 is 2.72 bits per heavy atom. The van der Waals surface area contributed by atoms with Gasteiger partial charge in [0.15, 0.2) is 10.5 Å². The van der Waals surface area contributed by atoms with Crippen LogP contribution in [0.25, 0.3) is 0 Å². The molecule has 2 rings (SSSR count). The summed E-state index contributed by atoms with van der Waals surface area (Å²) in [5.41, 5.74) is 1.43. The topological polar surface area (TPSA) is 39.4 Å². The van der Waals surface area contributed by atoms with Crippen LogP contribution in [0.2, 0.25) is 0 Å². The number of carbonyl (C=O) groups excluding carboxylic acids is 1. The van der Waals surface area contributed by atoms with Crippen molar-refractivity contribution in [2.24, 2.45) is 0 Å². The molecule has 0 N–H and O–H groups in total. The maximum atomic E-state index is 12.1. The van der Waals surface area contributed by atoms with Crippen molar-refractivity contribution >= 4 is 37.6 Å². The number of ether oxygens (including phenoxy) is 1. The largest absolute Gasteiger partial charge is 0.497 e. The molecule has 0 aliphatic rings. The van der Waals surface area contributed by atoms with Crippen LogP contribution in [0.3, 0.4) is 0 Å². The van der Waals surface area contributed by atoms with Gasteiger partial charge in [-0.1, -0.05) is 15.9 Å². The highest BCUT2D eigenvalue weighted by Crippen LogP contribution is 2.25. The van der Waals surface area contributed by atoms with Crippen LogP contribution in [-0.2, 0) is 6.42 Å². The molecule has 1 aromatic carbocycles. The van der Waals surface area contributed by atoms with E-state index in [9.17, 15) is 4.79 Å². The number of halogens is 2. The summed E-state index contributed by atoms with van der Waals surface area (Å²) in [6.45, 7) is 0. The predicted molar refractivity (Wildman–Crippen MR) is 75.1 cm³/mol. The molecule has 0 saturated carbocycles. The smallest absolute Gasteiger partial charge is 0.179 e. The third kappa shape index (κ3) is 2.84. The van der Waals surface area contributed by atoms with Gasteiger partial charge in [-0.05, 0) is 45.8 Å². The molecule has 0 amide bonds. The Morgan fingerprint density at radius 1 is 1.33 bits per heavy atom. The quantitative estimate of drug-likeness (QED) is 0.752. The standard InChI is InChI=1S/C13H10Br2O3/c1-17-9-2-3-11(14)8(6-9)7-12(16)10-4-5-18-13(10)15/h2-6H,7H2,1H3. The molecular weight excluding hydrogens is 364 g/mol. The number of ketones is 1. The molecule has 1 heterocycles. The van der Waals surface area contributed by atoms with Gasteiger partial charge in [-0.3, -0.25) is 4.79 Å². The van der Waals surface area contributed by atoms with Gasteiger partial charge in [0.2, 0.25) is 0 Å². The average molecular weight is 374 g/mol. The van der Waals surface area contributed by atoms with Crippen molar-refractivity contribution in [3.63, 3.8) is 0 Å². The van der Waals surface area contributed by atoms with E-state index in [-0.39, 0.29) is 12.2 Å². The Kier molecular flexibility index (Phi) is 4.24. The Bertz CT molecular complexity index is 575. The maximum Gasteiger partial charge on any atom is 0.179 e. The molecule has 94 valence electrons.